The molecular weight excluding hydrogens is 302 g/mol. The number of benzene rings is 1. The van der Waals surface area contributed by atoms with Crippen molar-refractivity contribution in [2.24, 2.45) is 0 Å². The van der Waals surface area contributed by atoms with Gasteiger partial charge >= 0.3 is 12.1 Å². The van der Waals surface area contributed by atoms with Crippen molar-refractivity contribution in [1.29, 1.82) is 0 Å². The number of carboxylic acids is 1. The van der Waals surface area contributed by atoms with Crippen LogP contribution in [0.3, 0.4) is 0 Å². The van der Waals surface area contributed by atoms with Gasteiger partial charge in [0, 0.05) is 11.9 Å². The molecule has 2 N–H and O–H groups in total. The van der Waals surface area contributed by atoms with Crippen LogP contribution in [0.4, 0.5) is 4.79 Å². The fourth-order valence-corrected chi connectivity index (χ4v) is 2.51. The number of hydrogen-bond donors (Lipinski definition) is 2. The molecule has 114 valence electrons. The zero-order chi connectivity index (χ0) is 15.8. The second-order valence-electron chi connectivity index (χ2n) is 4.39. The highest BCUT2D eigenvalue weighted by molar-refractivity contribution is 7.08. The number of carbonyl (C=O) groups is 2. The molecule has 0 bridgehead atoms. The first-order chi connectivity index (χ1) is 10.7. The van der Waals surface area contributed by atoms with Crippen molar-refractivity contribution in [1.82, 2.24) is 5.32 Å². The number of carbonyl (C=O) groups excluding carboxylic acids is 1. The van der Waals surface area contributed by atoms with E-state index >= 15 is 0 Å². The van der Waals surface area contributed by atoms with Crippen molar-refractivity contribution < 1.29 is 19.4 Å². The first-order valence-electron chi connectivity index (χ1n) is 6.57. The number of alkyl carbamates (subject to hydrolysis) is 1. The molecule has 2 rings (SSSR count). The molecule has 0 aliphatic rings. The Balaban J connectivity index is 1.74. The van der Waals surface area contributed by atoms with Crippen molar-refractivity contribution in [3.63, 3.8) is 0 Å². The van der Waals surface area contributed by atoms with Crippen molar-refractivity contribution in [3.05, 3.63) is 63.9 Å². The van der Waals surface area contributed by atoms with E-state index in [9.17, 15) is 9.59 Å². The second kappa shape index (κ2) is 7.99. The number of amides is 1. The van der Waals surface area contributed by atoms with Gasteiger partial charge in [0.15, 0.2) is 0 Å². The Morgan fingerprint density at radius 2 is 2.00 bits per heavy atom. The largest absolute Gasteiger partial charge is 0.478 e. The summed E-state index contributed by atoms with van der Waals surface area (Å²) in [6.07, 6.45) is 2.83. The van der Waals surface area contributed by atoms with Gasteiger partial charge in [-0.25, -0.2) is 9.59 Å². The highest BCUT2D eigenvalue weighted by Crippen LogP contribution is 2.16. The van der Waals surface area contributed by atoms with Gasteiger partial charge in [-0.1, -0.05) is 42.5 Å². The number of aromatic carboxylic acids is 1. The zero-order valence-corrected chi connectivity index (χ0v) is 12.5. The van der Waals surface area contributed by atoms with E-state index in [0.717, 1.165) is 5.56 Å². The number of hydrogen-bond acceptors (Lipinski definition) is 4. The highest BCUT2D eigenvalue weighted by atomic mass is 32.1. The van der Waals surface area contributed by atoms with Crippen LogP contribution in [0.5, 0.6) is 0 Å². The molecule has 0 unspecified atom stereocenters. The molecule has 5 nitrogen and oxygen atoms in total. The van der Waals surface area contributed by atoms with Gasteiger partial charge in [-0.2, -0.15) is 11.3 Å². The zero-order valence-electron chi connectivity index (χ0n) is 11.7. The van der Waals surface area contributed by atoms with Crippen LogP contribution in [0.1, 0.15) is 21.5 Å². The maximum Gasteiger partial charge on any atom is 0.407 e. The summed E-state index contributed by atoms with van der Waals surface area (Å²) in [5.74, 6) is -0.962. The van der Waals surface area contributed by atoms with Crippen LogP contribution in [-0.2, 0) is 11.3 Å². The summed E-state index contributed by atoms with van der Waals surface area (Å²) in [4.78, 5) is 22.4. The standard InChI is InChI=1S/C16H15NO4S/c18-15(19)14-11-22-10-13(14)7-4-8-17-16(20)21-9-12-5-2-1-3-6-12/h1-7,10-11H,8-9H2,(H,17,20)(H,18,19). The van der Waals surface area contributed by atoms with Crippen LogP contribution < -0.4 is 5.32 Å². The lowest BCUT2D eigenvalue weighted by Gasteiger charge is -2.05. The smallest absolute Gasteiger partial charge is 0.407 e. The number of ether oxygens (including phenoxy) is 1. The summed E-state index contributed by atoms with van der Waals surface area (Å²) in [6.45, 7) is 0.479. The topological polar surface area (TPSA) is 75.6 Å². The van der Waals surface area contributed by atoms with Gasteiger partial charge in [-0.15, -0.1) is 0 Å². The van der Waals surface area contributed by atoms with Crippen LogP contribution >= 0.6 is 11.3 Å². The maximum absolute atomic E-state index is 11.5. The quantitative estimate of drug-likeness (QED) is 0.856. The SMILES string of the molecule is O=C(NCC=Cc1cscc1C(=O)O)OCc1ccccc1. The van der Waals surface area contributed by atoms with Crippen molar-refractivity contribution >= 4 is 29.5 Å². The van der Waals surface area contributed by atoms with Crippen LogP contribution in [0, 0.1) is 0 Å². The number of rotatable bonds is 6. The van der Waals surface area contributed by atoms with Gasteiger partial charge in [-0.05, 0) is 16.5 Å². The fourth-order valence-electron chi connectivity index (χ4n) is 1.71. The van der Waals surface area contributed by atoms with E-state index in [1.165, 1.54) is 11.3 Å². The second-order valence-corrected chi connectivity index (χ2v) is 5.13. The molecule has 0 saturated carbocycles. The highest BCUT2D eigenvalue weighted by Gasteiger charge is 2.08. The summed E-state index contributed by atoms with van der Waals surface area (Å²) >= 11 is 1.32. The minimum atomic E-state index is -0.962. The lowest BCUT2D eigenvalue weighted by Crippen LogP contribution is -2.24. The molecule has 0 spiro atoms. The van der Waals surface area contributed by atoms with Crippen molar-refractivity contribution in [3.8, 4) is 0 Å². The van der Waals surface area contributed by atoms with E-state index in [4.69, 9.17) is 9.84 Å². The summed E-state index contributed by atoms with van der Waals surface area (Å²) in [7, 11) is 0. The Bertz CT molecular complexity index is 664. The lowest BCUT2D eigenvalue weighted by molar-refractivity contribution is 0.0697. The molecule has 0 aliphatic heterocycles. The Kier molecular flexibility index (Phi) is 5.73. The molecule has 2 aromatic rings. The molecule has 0 aliphatic carbocycles. The molecule has 0 saturated heterocycles. The average molecular weight is 317 g/mol. The van der Waals surface area contributed by atoms with Gasteiger partial charge in [-0.3, -0.25) is 0 Å². The van der Waals surface area contributed by atoms with Gasteiger partial charge in [0.1, 0.15) is 6.61 Å². The monoisotopic (exact) mass is 317 g/mol. The van der Waals surface area contributed by atoms with E-state index in [-0.39, 0.29) is 18.7 Å². The van der Waals surface area contributed by atoms with E-state index in [0.29, 0.717) is 5.56 Å². The van der Waals surface area contributed by atoms with Crippen LogP contribution in [0.25, 0.3) is 6.08 Å². The summed E-state index contributed by atoms with van der Waals surface area (Å²) in [6, 6.07) is 9.39. The molecule has 6 heteroatoms. The van der Waals surface area contributed by atoms with Crippen LogP contribution in [0.15, 0.2) is 47.2 Å². The Hall–Kier alpha value is -2.60. The minimum Gasteiger partial charge on any atom is -0.478 e. The Morgan fingerprint density at radius 3 is 2.73 bits per heavy atom. The summed E-state index contributed by atoms with van der Waals surface area (Å²) < 4.78 is 5.05. The molecular formula is C16H15NO4S. The average Bonchev–Trinajstić information content (AvgIpc) is 2.99. The minimum absolute atomic E-state index is 0.212. The Labute approximate surface area is 131 Å². The molecule has 1 heterocycles. The molecule has 1 aromatic heterocycles. The van der Waals surface area contributed by atoms with E-state index in [1.807, 2.05) is 30.3 Å². The predicted octanol–water partition coefficient (Wildman–Crippen LogP) is 3.39. The molecule has 0 radical (unpaired) electrons. The van der Waals surface area contributed by atoms with Gasteiger partial charge in [0.2, 0.25) is 0 Å². The third-order valence-corrected chi connectivity index (χ3v) is 3.56. The van der Waals surface area contributed by atoms with E-state index < -0.39 is 12.1 Å². The first-order valence-corrected chi connectivity index (χ1v) is 7.51. The van der Waals surface area contributed by atoms with Gasteiger partial charge < -0.3 is 15.2 Å². The normalized spacial score (nSPS) is 10.5. The van der Waals surface area contributed by atoms with Crippen LogP contribution in [0.2, 0.25) is 0 Å². The van der Waals surface area contributed by atoms with Gasteiger partial charge in [0.25, 0.3) is 0 Å². The van der Waals surface area contributed by atoms with Crippen LogP contribution in [-0.4, -0.2) is 23.7 Å². The molecule has 22 heavy (non-hydrogen) atoms. The fraction of sp³-hybridized carbons (Fsp3) is 0.125. The van der Waals surface area contributed by atoms with E-state index in [1.54, 1.807) is 22.9 Å². The van der Waals surface area contributed by atoms with Crippen molar-refractivity contribution in [2.45, 2.75) is 6.61 Å². The Morgan fingerprint density at radius 1 is 1.23 bits per heavy atom. The van der Waals surface area contributed by atoms with Crippen molar-refractivity contribution in [2.75, 3.05) is 6.54 Å². The third kappa shape index (κ3) is 4.75. The summed E-state index contributed by atoms with van der Waals surface area (Å²) in [5, 5.41) is 14.8. The molecule has 0 atom stereocenters. The molecule has 0 fully saturated rings. The summed E-state index contributed by atoms with van der Waals surface area (Å²) in [5.41, 5.74) is 1.79. The third-order valence-electron chi connectivity index (χ3n) is 2.80. The van der Waals surface area contributed by atoms with Gasteiger partial charge in [0.05, 0.1) is 5.56 Å². The number of nitrogens with one attached hydrogen (secondary N) is 1. The maximum atomic E-state index is 11.5. The first kappa shape index (κ1) is 15.8. The number of carboxylic acid groups (broad SMARTS) is 1. The number of thiophene rings is 1. The molecule has 1 aromatic carbocycles. The molecule has 1 amide bonds. The predicted molar refractivity (Wildman–Crippen MR) is 84.9 cm³/mol. The van der Waals surface area contributed by atoms with E-state index in [2.05, 4.69) is 5.32 Å². The lowest BCUT2D eigenvalue weighted by atomic mass is 10.2.